The Balaban J connectivity index is -0.0000000900. The molecule has 0 N–H and O–H groups in total. The summed E-state index contributed by atoms with van der Waals surface area (Å²) in [5, 5.41) is 0.194. The van der Waals surface area contributed by atoms with Crippen LogP contribution in [0.3, 0.4) is 0 Å². The molecule has 0 rings (SSSR count). The van der Waals surface area contributed by atoms with Gasteiger partial charge in [0.25, 0.3) is 10.5 Å². The van der Waals surface area contributed by atoms with Gasteiger partial charge in [0.1, 0.15) is 0 Å². The molecule has 0 aliphatic rings. The van der Waals surface area contributed by atoms with Crippen molar-refractivity contribution in [3.05, 3.63) is 0 Å². The molecule has 246 valence electrons. The summed E-state index contributed by atoms with van der Waals surface area (Å²) in [5.41, 5.74) is 0. The zero-order valence-electron chi connectivity index (χ0n) is 28.2. The molecule has 0 heterocycles. The monoisotopic (exact) mass is 634 g/mol. The van der Waals surface area contributed by atoms with Crippen LogP contribution in [0.25, 0.3) is 0 Å². The van der Waals surface area contributed by atoms with Gasteiger partial charge in [-0.2, -0.15) is 0 Å². The number of thioether (sulfide) groups is 2. The second-order valence-corrected chi connectivity index (χ2v) is 9.74. The maximum Gasteiger partial charge on any atom is 0.408 e. The number of carbonyl (C=O) groups is 6. The SMILES string of the molecule is CN(C)C(=O)N(C)C.COC(=O)N(C)C.COC(=O)N(C)C.COC(C)=O.CSC(=O)N(C)C.CSC(=O)N(C)C. The third kappa shape index (κ3) is 47.1. The van der Waals surface area contributed by atoms with Gasteiger partial charge in [0.2, 0.25) is 0 Å². The molecular formula is C24H54N6O9S2. The maximum absolute atomic E-state index is 10.7. The van der Waals surface area contributed by atoms with E-state index >= 15 is 0 Å². The van der Waals surface area contributed by atoms with Crippen LogP contribution in [0, 0.1) is 0 Å². The molecule has 0 radical (unpaired) electrons. The summed E-state index contributed by atoms with van der Waals surface area (Å²) in [5.74, 6) is -0.245. The highest BCUT2D eigenvalue weighted by Gasteiger charge is 2.03. The summed E-state index contributed by atoms with van der Waals surface area (Å²) in [7, 11) is 24.4. The molecule has 0 aromatic carbocycles. The van der Waals surface area contributed by atoms with Crippen LogP contribution in [0.1, 0.15) is 6.92 Å². The van der Waals surface area contributed by atoms with E-state index in [1.807, 2.05) is 0 Å². The molecule has 0 aliphatic carbocycles. The number of hydrogen-bond donors (Lipinski definition) is 0. The van der Waals surface area contributed by atoms with Crippen LogP contribution in [0.4, 0.5) is 24.0 Å². The quantitative estimate of drug-likeness (QED) is 0.286. The molecule has 41 heavy (non-hydrogen) atoms. The lowest BCUT2D eigenvalue weighted by atomic mass is 10.7. The van der Waals surface area contributed by atoms with Crippen LogP contribution in [-0.4, -0.2) is 182 Å². The molecule has 0 bridgehead atoms. The largest absolute Gasteiger partial charge is 0.469 e. The van der Waals surface area contributed by atoms with Gasteiger partial charge in [-0.05, 0) is 12.5 Å². The third-order valence-corrected chi connectivity index (χ3v) is 4.64. The van der Waals surface area contributed by atoms with E-state index in [1.54, 1.807) is 107 Å². The maximum atomic E-state index is 10.7. The van der Waals surface area contributed by atoms with Crippen molar-refractivity contribution in [2.75, 3.05) is 118 Å². The van der Waals surface area contributed by atoms with E-state index in [-0.39, 0.29) is 34.7 Å². The number of hydrogen-bond acceptors (Lipinski definition) is 11. The van der Waals surface area contributed by atoms with Gasteiger partial charge in [-0.1, -0.05) is 23.5 Å². The van der Waals surface area contributed by atoms with Gasteiger partial charge in [-0.3, -0.25) is 14.4 Å². The van der Waals surface area contributed by atoms with Gasteiger partial charge in [-0.15, -0.1) is 0 Å². The predicted octanol–water partition coefficient (Wildman–Crippen LogP) is 3.10. The Morgan fingerprint density at radius 2 is 0.659 bits per heavy atom. The summed E-state index contributed by atoms with van der Waals surface area (Å²) in [6, 6.07) is 0.0185. The van der Waals surface area contributed by atoms with Crippen LogP contribution < -0.4 is 0 Å². The van der Waals surface area contributed by atoms with Crippen LogP contribution in [-0.2, 0) is 19.0 Å². The van der Waals surface area contributed by atoms with Crippen LogP contribution >= 0.6 is 23.5 Å². The smallest absolute Gasteiger partial charge is 0.408 e. The summed E-state index contributed by atoms with van der Waals surface area (Å²) in [6.45, 7) is 1.36. The van der Waals surface area contributed by atoms with Crippen molar-refractivity contribution in [3.8, 4) is 0 Å². The lowest BCUT2D eigenvalue weighted by Gasteiger charge is -2.16. The Kier molecular flexibility index (Phi) is 41.0. The summed E-state index contributed by atoms with van der Waals surface area (Å²) in [4.78, 5) is 70.4. The normalized spacial score (nSPS) is 8.05. The molecule has 0 aromatic rings. The van der Waals surface area contributed by atoms with Gasteiger partial charge in [0.05, 0.1) is 21.3 Å². The van der Waals surface area contributed by atoms with E-state index in [4.69, 9.17) is 0 Å². The average Bonchev–Trinajstić information content (AvgIpc) is 2.91. The second kappa shape index (κ2) is 33.1. The number of methoxy groups -OCH3 is 3. The van der Waals surface area contributed by atoms with E-state index in [0.717, 1.165) is 0 Å². The second-order valence-electron chi connectivity index (χ2n) is 8.22. The number of urea groups is 1. The molecule has 6 amide bonds. The van der Waals surface area contributed by atoms with Crippen molar-refractivity contribution in [1.82, 2.24) is 29.4 Å². The van der Waals surface area contributed by atoms with Gasteiger partial charge in [0.15, 0.2) is 0 Å². The fourth-order valence-corrected chi connectivity index (χ4v) is 1.86. The first-order valence-corrected chi connectivity index (χ1v) is 13.9. The van der Waals surface area contributed by atoms with Gasteiger partial charge in [0, 0.05) is 91.5 Å². The Labute approximate surface area is 255 Å². The number of esters is 1. The van der Waals surface area contributed by atoms with Crippen molar-refractivity contribution in [1.29, 1.82) is 0 Å². The predicted molar refractivity (Wildman–Crippen MR) is 168 cm³/mol. The minimum atomic E-state index is -0.319. The Morgan fingerprint density at radius 3 is 0.659 bits per heavy atom. The van der Waals surface area contributed by atoms with Gasteiger partial charge >= 0.3 is 24.2 Å². The molecule has 0 saturated heterocycles. The van der Waals surface area contributed by atoms with E-state index in [2.05, 4.69) is 14.2 Å². The Hall–Kier alpha value is -3.08. The molecule has 0 aliphatic heterocycles. The first kappa shape index (κ1) is 50.7. The van der Waals surface area contributed by atoms with E-state index in [1.165, 1.54) is 71.4 Å². The number of ether oxygens (including phenoxy) is 3. The van der Waals surface area contributed by atoms with E-state index in [9.17, 15) is 28.8 Å². The third-order valence-electron chi connectivity index (χ3n) is 3.21. The highest BCUT2D eigenvalue weighted by molar-refractivity contribution is 8.13. The summed E-state index contributed by atoms with van der Waals surface area (Å²) >= 11 is 2.44. The molecule has 0 aromatic heterocycles. The number of rotatable bonds is 0. The average molecular weight is 635 g/mol. The minimum absolute atomic E-state index is 0.0185. The number of carbonyl (C=O) groups excluding carboxylic acids is 6. The van der Waals surface area contributed by atoms with Gasteiger partial charge in [-0.25, -0.2) is 14.4 Å². The molecular weight excluding hydrogens is 580 g/mol. The van der Waals surface area contributed by atoms with Crippen molar-refractivity contribution in [2.45, 2.75) is 6.92 Å². The number of nitrogens with zero attached hydrogens (tertiary/aromatic N) is 6. The van der Waals surface area contributed by atoms with Crippen LogP contribution in [0.5, 0.6) is 0 Å². The van der Waals surface area contributed by atoms with Crippen LogP contribution in [0.15, 0.2) is 0 Å². The van der Waals surface area contributed by atoms with E-state index < -0.39 is 0 Å². The highest BCUT2D eigenvalue weighted by atomic mass is 32.2. The van der Waals surface area contributed by atoms with Crippen LogP contribution in [0.2, 0.25) is 0 Å². The summed E-state index contributed by atoms with van der Waals surface area (Å²) in [6.07, 6.45) is 2.89. The molecule has 15 nitrogen and oxygen atoms in total. The van der Waals surface area contributed by atoms with E-state index in [0.29, 0.717) is 0 Å². The highest BCUT2D eigenvalue weighted by Crippen LogP contribution is 1.97. The molecule has 0 saturated carbocycles. The molecule has 0 unspecified atom stereocenters. The number of amides is 6. The molecule has 0 fully saturated rings. The topological polar surface area (TPSA) is 150 Å². The lowest BCUT2D eigenvalue weighted by molar-refractivity contribution is -0.137. The molecule has 0 spiro atoms. The lowest BCUT2D eigenvalue weighted by Crippen LogP contribution is -2.33. The first-order chi connectivity index (χ1) is 18.5. The fraction of sp³-hybridized carbons (Fsp3) is 0.750. The van der Waals surface area contributed by atoms with Crippen molar-refractivity contribution < 1.29 is 43.0 Å². The van der Waals surface area contributed by atoms with Crippen molar-refractivity contribution >= 4 is 58.2 Å². The van der Waals surface area contributed by atoms with Gasteiger partial charge < -0.3 is 43.6 Å². The summed E-state index contributed by atoms with van der Waals surface area (Å²) < 4.78 is 12.7. The minimum Gasteiger partial charge on any atom is -0.469 e. The first-order valence-electron chi connectivity index (χ1n) is 11.5. The Morgan fingerprint density at radius 1 is 0.439 bits per heavy atom. The standard InChI is InChI=1S/C5H12N2O.2C4H9NO2.2C4H9NOS.C3H6O2/c1-6(2)5(8)7(3)4;4*1-5(2)4(6)7-3;1-3(4)5-2/h1-4H3;4*1-3H3;1-2H3. The Bertz CT molecular complexity index is 632. The molecule has 0 atom stereocenters. The van der Waals surface area contributed by atoms with Crippen molar-refractivity contribution in [3.63, 3.8) is 0 Å². The van der Waals surface area contributed by atoms with Crippen molar-refractivity contribution in [2.24, 2.45) is 0 Å². The molecule has 17 heteroatoms. The zero-order chi connectivity index (χ0) is 34.5. The fourth-order valence-electron chi connectivity index (χ4n) is 1.13. The zero-order valence-corrected chi connectivity index (χ0v) is 29.8.